The average Bonchev–Trinajstić information content (AvgIpc) is 3.83. The van der Waals surface area contributed by atoms with Crippen molar-refractivity contribution in [1.82, 2.24) is 15.3 Å². The van der Waals surface area contributed by atoms with Crippen LogP contribution in [-0.2, 0) is 26.2 Å². The van der Waals surface area contributed by atoms with Crippen molar-refractivity contribution in [2.45, 2.75) is 64.3 Å². The van der Waals surface area contributed by atoms with Gasteiger partial charge in [0.1, 0.15) is 35.4 Å². The van der Waals surface area contributed by atoms with Crippen molar-refractivity contribution in [2.24, 2.45) is 17.8 Å². The molecule has 12 nitrogen and oxygen atoms in total. The number of Topliss-reactive ketones (excluding diaryl/α,β-unsaturated/α-hetero) is 1. The Bertz CT molecular complexity index is 1950. The summed E-state index contributed by atoms with van der Waals surface area (Å²) in [4.78, 5) is 48.7. The van der Waals surface area contributed by atoms with Crippen molar-refractivity contribution < 1.29 is 42.2 Å². The van der Waals surface area contributed by atoms with Crippen molar-refractivity contribution in [3.8, 4) is 17.3 Å². The van der Waals surface area contributed by atoms with Gasteiger partial charge in [0.15, 0.2) is 29.2 Å². The fourth-order valence-corrected chi connectivity index (χ4v) is 6.89. The number of ketones is 1. The zero-order valence-corrected chi connectivity index (χ0v) is 27.0. The summed E-state index contributed by atoms with van der Waals surface area (Å²) >= 11 is 0. The Morgan fingerprint density at radius 1 is 1.10 bits per heavy atom. The lowest BCUT2D eigenvalue weighted by molar-refractivity contribution is -0.135. The minimum atomic E-state index is -1.33. The van der Waals surface area contributed by atoms with Crippen LogP contribution in [0.3, 0.4) is 0 Å². The lowest BCUT2D eigenvalue weighted by atomic mass is 9.72. The van der Waals surface area contributed by atoms with Crippen molar-refractivity contribution in [1.29, 1.82) is 0 Å². The van der Waals surface area contributed by atoms with E-state index in [-0.39, 0.29) is 53.6 Å². The number of fused-ring (bicyclic) bond motifs is 4. The van der Waals surface area contributed by atoms with Crippen LogP contribution < -0.4 is 15.4 Å². The number of aliphatic hydroxyl groups excluding tert-OH is 1. The van der Waals surface area contributed by atoms with Gasteiger partial charge in [-0.2, -0.15) is 0 Å². The summed E-state index contributed by atoms with van der Waals surface area (Å²) in [7, 11) is 1.22. The zero-order valence-electron chi connectivity index (χ0n) is 27.0. The number of ether oxygens (including phenoxy) is 2. The third-order valence-electron chi connectivity index (χ3n) is 9.40. The summed E-state index contributed by atoms with van der Waals surface area (Å²) < 4.78 is 38.9. The molecule has 1 unspecified atom stereocenters. The van der Waals surface area contributed by atoms with Crippen LogP contribution in [0.1, 0.15) is 79.0 Å². The number of nitrogens with one attached hydrogen (secondary N) is 2. The Morgan fingerprint density at radius 3 is 2.62 bits per heavy atom. The number of hydrogen-bond acceptors (Lipinski definition) is 11. The van der Waals surface area contributed by atoms with Crippen molar-refractivity contribution in [3.63, 3.8) is 0 Å². The molecule has 1 amide bonds. The molecule has 0 radical (unpaired) electrons. The van der Waals surface area contributed by atoms with E-state index in [1.54, 1.807) is 26.0 Å². The van der Waals surface area contributed by atoms with Crippen LogP contribution in [0.5, 0.6) is 5.75 Å². The van der Waals surface area contributed by atoms with Gasteiger partial charge in [0.05, 0.1) is 7.11 Å². The molecule has 2 aromatic heterocycles. The van der Waals surface area contributed by atoms with Crippen molar-refractivity contribution in [2.75, 3.05) is 12.4 Å². The number of methoxy groups -OCH3 is 1. The number of benzene rings is 2. The molecule has 3 aliphatic heterocycles. The lowest BCUT2D eigenvalue weighted by Crippen LogP contribution is -2.41. The molecule has 13 heteroatoms. The summed E-state index contributed by atoms with van der Waals surface area (Å²) in [5, 5.41) is 17.0. The highest BCUT2D eigenvalue weighted by Crippen LogP contribution is 2.59. The molecule has 3 N–H and O–H groups in total. The first kappa shape index (κ1) is 31.6. The van der Waals surface area contributed by atoms with E-state index >= 15 is 4.39 Å². The van der Waals surface area contributed by atoms with E-state index in [0.29, 0.717) is 28.1 Å². The van der Waals surface area contributed by atoms with E-state index in [1.165, 1.54) is 19.2 Å². The van der Waals surface area contributed by atoms with Gasteiger partial charge in [0.2, 0.25) is 17.7 Å². The van der Waals surface area contributed by atoms with Gasteiger partial charge < -0.3 is 34.0 Å². The molecular weight excluding hydrogens is 623 g/mol. The van der Waals surface area contributed by atoms with E-state index in [4.69, 9.17) is 23.3 Å². The van der Waals surface area contributed by atoms with Crippen LogP contribution in [0.4, 0.5) is 10.1 Å². The fourth-order valence-electron chi connectivity index (χ4n) is 6.89. The van der Waals surface area contributed by atoms with E-state index in [1.807, 2.05) is 26.0 Å². The molecule has 0 saturated heterocycles. The third-order valence-corrected chi connectivity index (χ3v) is 9.40. The van der Waals surface area contributed by atoms with Gasteiger partial charge in [-0.15, -0.1) is 0 Å². The number of carbonyl (C=O) groups excluding carboxylic acids is 3. The summed E-state index contributed by atoms with van der Waals surface area (Å²) in [5.41, 5.74) is 1.14. The summed E-state index contributed by atoms with van der Waals surface area (Å²) in [6, 6.07) is 9.04. The molecule has 0 fully saturated rings. The topological polar surface area (TPSA) is 166 Å². The number of carbonyl (C=O) groups is 3. The second-order valence-corrected chi connectivity index (χ2v) is 13.2. The first-order chi connectivity index (χ1) is 22.9. The molecule has 5 atom stereocenters. The third kappa shape index (κ3) is 4.86. The normalized spacial score (nSPS) is 22.9. The summed E-state index contributed by atoms with van der Waals surface area (Å²) in [5.74, 6) is -2.72. The van der Waals surface area contributed by atoms with Crippen LogP contribution in [0.25, 0.3) is 11.6 Å². The van der Waals surface area contributed by atoms with Gasteiger partial charge in [-0.1, -0.05) is 39.8 Å². The Morgan fingerprint density at radius 2 is 1.90 bits per heavy atom. The van der Waals surface area contributed by atoms with Crippen LogP contribution in [-0.4, -0.2) is 52.2 Å². The Hall–Kier alpha value is -5.04. The number of hydrogen-bond donors (Lipinski definition) is 3. The highest BCUT2D eigenvalue weighted by Gasteiger charge is 2.61. The van der Waals surface area contributed by atoms with Crippen LogP contribution in [0.15, 0.2) is 51.5 Å². The Balaban J connectivity index is 1.49. The number of esters is 1. The molecule has 0 aliphatic carbocycles. The second-order valence-electron chi connectivity index (χ2n) is 13.2. The molecule has 2 aromatic carbocycles. The highest BCUT2D eigenvalue weighted by atomic mass is 19.1. The molecule has 3 aliphatic rings. The fraction of sp³-hybridized carbons (Fsp3) is 0.400. The van der Waals surface area contributed by atoms with E-state index in [0.717, 1.165) is 6.26 Å². The maximum Gasteiger partial charge on any atom is 0.360 e. The van der Waals surface area contributed by atoms with E-state index in [2.05, 4.69) is 15.6 Å². The zero-order chi connectivity index (χ0) is 34.1. The number of halogens is 1. The summed E-state index contributed by atoms with van der Waals surface area (Å²) in [6.07, 6.45) is -0.910. The standard InChI is InChI=1S/C35H35FN4O8/c1-15(2)26-32-40-27(31-37-23(14-46-31)33(44)45-5)29(48-32)35-20-13-19(36)7-8-22(20)38-34(35)47-25-9-6-17(11-21(25)35)10-18(30(43)39-26)12-24(41)28(42)16(3)4/h6-9,11,13-16,18,26,28,34,38,42H,10,12H2,1-5H3,(H,39,43)/t18-,26+,28+,34+,35?/m1/s1. The molecule has 48 heavy (non-hydrogen) atoms. The Kier molecular flexibility index (Phi) is 7.61. The number of amides is 1. The highest BCUT2D eigenvalue weighted by molar-refractivity contribution is 5.90. The van der Waals surface area contributed by atoms with Gasteiger partial charge in [-0.05, 0) is 48.1 Å². The lowest BCUT2D eigenvalue weighted by Gasteiger charge is -2.28. The average molecular weight is 659 g/mol. The second kappa shape index (κ2) is 11.6. The van der Waals surface area contributed by atoms with Crippen LogP contribution >= 0.6 is 0 Å². The smallest absolute Gasteiger partial charge is 0.360 e. The molecule has 250 valence electrons. The number of aromatic nitrogens is 2. The molecule has 0 saturated carbocycles. The number of aliphatic hydroxyl groups is 1. The molecule has 4 aromatic rings. The predicted molar refractivity (Wildman–Crippen MR) is 167 cm³/mol. The number of anilines is 1. The minimum Gasteiger partial charge on any atom is -0.469 e. The first-order valence-corrected chi connectivity index (χ1v) is 15.9. The quantitative estimate of drug-likeness (QED) is 0.236. The molecule has 1 spiro atoms. The maximum atomic E-state index is 15.1. The van der Waals surface area contributed by atoms with Crippen molar-refractivity contribution in [3.05, 3.63) is 82.5 Å². The maximum absolute atomic E-state index is 15.1. The SMILES string of the molecule is COC(=O)c1coc(-c2nc3oc2C24c5cc(F)ccc5N[C@H]2Oc2ccc(cc24)C[C@H](CC(=O)[C@@H](O)C(C)C)C(=O)N[C@H]3C(C)C)n1. The molecular formula is C35H35FN4O8. The molecule has 7 rings (SSSR count). The number of rotatable bonds is 7. The first-order valence-electron chi connectivity index (χ1n) is 15.9. The monoisotopic (exact) mass is 658 g/mol. The molecule has 4 bridgehead atoms. The Labute approximate surface area is 275 Å². The van der Waals surface area contributed by atoms with Gasteiger partial charge in [-0.25, -0.2) is 19.2 Å². The van der Waals surface area contributed by atoms with Gasteiger partial charge in [-0.3, -0.25) is 9.59 Å². The van der Waals surface area contributed by atoms with Gasteiger partial charge in [0, 0.05) is 29.2 Å². The van der Waals surface area contributed by atoms with E-state index < -0.39 is 53.2 Å². The largest absolute Gasteiger partial charge is 0.469 e. The molecule has 5 heterocycles. The summed E-state index contributed by atoms with van der Waals surface area (Å²) in [6.45, 7) is 7.24. The van der Waals surface area contributed by atoms with Crippen LogP contribution in [0.2, 0.25) is 0 Å². The van der Waals surface area contributed by atoms with Crippen LogP contribution in [0, 0.1) is 23.6 Å². The predicted octanol–water partition coefficient (Wildman–Crippen LogP) is 4.70. The van der Waals surface area contributed by atoms with Gasteiger partial charge in [0.25, 0.3) is 0 Å². The number of oxazole rings is 2. The van der Waals surface area contributed by atoms with E-state index in [9.17, 15) is 19.5 Å². The minimum absolute atomic E-state index is 0.0576. The van der Waals surface area contributed by atoms with Gasteiger partial charge >= 0.3 is 5.97 Å². The van der Waals surface area contributed by atoms with Crippen molar-refractivity contribution >= 4 is 23.3 Å². The number of nitrogens with zero attached hydrogens (tertiary/aromatic N) is 2.